The van der Waals surface area contributed by atoms with E-state index in [2.05, 4.69) is 15.0 Å². The Morgan fingerprint density at radius 2 is 1.97 bits per heavy atom. The van der Waals surface area contributed by atoms with E-state index in [1.165, 1.54) is 12.3 Å². The monoisotopic (exact) mass is 424 g/mol. The summed E-state index contributed by atoms with van der Waals surface area (Å²) in [7, 11) is -2.98. The molecule has 1 aromatic heterocycles. The first-order valence-corrected chi connectivity index (χ1v) is 11.5. The van der Waals surface area contributed by atoms with Gasteiger partial charge in [0.05, 0.1) is 5.75 Å². The van der Waals surface area contributed by atoms with E-state index in [4.69, 9.17) is 4.52 Å². The Labute approximate surface area is 169 Å². The minimum atomic E-state index is -2.98. The van der Waals surface area contributed by atoms with Crippen molar-refractivity contribution in [3.63, 3.8) is 0 Å². The molecule has 0 aliphatic carbocycles. The number of piperazine rings is 1. The Kier molecular flexibility index (Phi) is 6.63. The minimum absolute atomic E-state index is 0.00476. The molecule has 2 aromatic rings. The summed E-state index contributed by atoms with van der Waals surface area (Å²) in [6.07, 6.45) is 1.82. The van der Waals surface area contributed by atoms with Gasteiger partial charge in [0.1, 0.15) is 15.7 Å². The molecule has 1 saturated heterocycles. The highest BCUT2D eigenvalue weighted by Gasteiger charge is 2.22. The summed E-state index contributed by atoms with van der Waals surface area (Å²) >= 11 is 0. The quantitative estimate of drug-likeness (QED) is 0.661. The zero-order chi connectivity index (χ0) is 21.0. The molecule has 158 valence electrons. The summed E-state index contributed by atoms with van der Waals surface area (Å²) in [5, 5.41) is 3.91. The van der Waals surface area contributed by atoms with Gasteiger partial charge in [0, 0.05) is 57.4 Å². The standard InChI is InChI=1S/C19H25FN4O4S/c1-14-13-15(3-4-16(14)20)19-21-17(28-22-19)5-6-18(25)24-9-7-23(8-10-24)11-12-29(2,26)27/h3-4,13H,5-12H2,1-2H3. The molecule has 1 aliphatic rings. The van der Waals surface area contributed by atoms with Crippen molar-refractivity contribution in [3.05, 3.63) is 35.5 Å². The normalized spacial score (nSPS) is 15.6. The molecular weight excluding hydrogens is 399 g/mol. The van der Waals surface area contributed by atoms with Gasteiger partial charge in [-0.1, -0.05) is 5.16 Å². The molecule has 0 saturated carbocycles. The number of aryl methyl sites for hydroxylation is 2. The molecule has 1 aromatic carbocycles. The van der Waals surface area contributed by atoms with E-state index in [1.807, 2.05) is 0 Å². The Balaban J connectivity index is 1.47. The number of carbonyl (C=O) groups excluding carboxylic acids is 1. The molecule has 1 amide bonds. The number of nitrogens with zero attached hydrogens (tertiary/aromatic N) is 4. The third kappa shape index (κ3) is 6.07. The van der Waals surface area contributed by atoms with Crippen molar-refractivity contribution in [3.8, 4) is 11.4 Å². The topological polar surface area (TPSA) is 96.6 Å². The molecule has 10 heteroatoms. The van der Waals surface area contributed by atoms with Gasteiger partial charge in [-0.15, -0.1) is 0 Å². The molecule has 1 fully saturated rings. The van der Waals surface area contributed by atoms with Crippen molar-refractivity contribution in [2.75, 3.05) is 44.7 Å². The van der Waals surface area contributed by atoms with E-state index in [0.29, 0.717) is 62.0 Å². The number of halogens is 1. The predicted octanol–water partition coefficient (Wildman–Crippen LogP) is 1.31. The minimum Gasteiger partial charge on any atom is -0.340 e. The number of sulfone groups is 1. The van der Waals surface area contributed by atoms with Gasteiger partial charge < -0.3 is 9.42 Å². The van der Waals surface area contributed by atoms with Gasteiger partial charge in [-0.05, 0) is 30.7 Å². The number of aromatic nitrogens is 2. The average molecular weight is 424 g/mol. The first kappa shape index (κ1) is 21.4. The molecule has 8 nitrogen and oxygen atoms in total. The fraction of sp³-hybridized carbons (Fsp3) is 0.526. The summed E-state index contributed by atoms with van der Waals surface area (Å²) < 4.78 is 41.1. The van der Waals surface area contributed by atoms with Crippen LogP contribution >= 0.6 is 0 Å². The lowest BCUT2D eigenvalue weighted by atomic mass is 10.1. The van der Waals surface area contributed by atoms with E-state index >= 15 is 0 Å². The number of rotatable bonds is 7. The van der Waals surface area contributed by atoms with Crippen molar-refractivity contribution in [1.29, 1.82) is 0 Å². The molecule has 0 spiro atoms. The molecule has 1 aliphatic heterocycles. The summed E-state index contributed by atoms with van der Waals surface area (Å²) in [4.78, 5) is 20.6. The van der Waals surface area contributed by atoms with Crippen LogP contribution in [0.1, 0.15) is 17.9 Å². The molecule has 29 heavy (non-hydrogen) atoms. The van der Waals surface area contributed by atoms with Crippen LogP contribution in [0.25, 0.3) is 11.4 Å². The Hall–Kier alpha value is -2.33. The van der Waals surface area contributed by atoms with Crippen LogP contribution in [-0.2, 0) is 21.1 Å². The molecule has 0 bridgehead atoms. The zero-order valence-electron chi connectivity index (χ0n) is 16.6. The number of hydrogen-bond donors (Lipinski definition) is 0. The van der Waals surface area contributed by atoms with Gasteiger partial charge >= 0.3 is 0 Å². The Bertz CT molecular complexity index is 968. The molecule has 0 radical (unpaired) electrons. The molecular formula is C19H25FN4O4S. The lowest BCUT2D eigenvalue weighted by Crippen LogP contribution is -2.49. The van der Waals surface area contributed by atoms with Gasteiger partial charge in [0.2, 0.25) is 17.6 Å². The van der Waals surface area contributed by atoms with Crippen LogP contribution < -0.4 is 0 Å². The lowest BCUT2D eigenvalue weighted by molar-refractivity contribution is -0.132. The van der Waals surface area contributed by atoms with Gasteiger partial charge in [-0.3, -0.25) is 9.69 Å². The van der Waals surface area contributed by atoms with Crippen molar-refractivity contribution >= 4 is 15.7 Å². The van der Waals surface area contributed by atoms with Crippen LogP contribution in [0, 0.1) is 12.7 Å². The molecule has 0 N–H and O–H groups in total. The third-order valence-electron chi connectivity index (χ3n) is 4.94. The van der Waals surface area contributed by atoms with E-state index in [9.17, 15) is 17.6 Å². The van der Waals surface area contributed by atoms with Gasteiger partial charge in [-0.2, -0.15) is 4.98 Å². The van der Waals surface area contributed by atoms with Crippen LogP contribution in [0.4, 0.5) is 4.39 Å². The summed E-state index contributed by atoms with van der Waals surface area (Å²) in [5.41, 5.74) is 1.16. The molecule has 0 atom stereocenters. The Morgan fingerprint density at radius 1 is 1.24 bits per heavy atom. The number of amides is 1. The second-order valence-electron chi connectivity index (χ2n) is 7.33. The predicted molar refractivity (Wildman–Crippen MR) is 105 cm³/mol. The van der Waals surface area contributed by atoms with Crippen LogP contribution in [0.3, 0.4) is 0 Å². The van der Waals surface area contributed by atoms with Crippen LogP contribution in [0.5, 0.6) is 0 Å². The highest BCUT2D eigenvalue weighted by molar-refractivity contribution is 7.90. The number of carbonyl (C=O) groups is 1. The fourth-order valence-electron chi connectivity index (χ4n) is 3.15. The maximum Gasteiger partial charge on any atom is 0.227 e. The van der Waals surface area contributed by atoms with E-state index in [0.717, 1.165) is 0 Å². The second-order valence-corrected chi connectivity index (χ2v) is 9.59. The van der Waals surface area contributed by atoms with Gasteiger partial charge in [0.15, 0.2) is 0 Å². The zero-order valence-corrected chi connectivity index (χ0v) is 17.4. The van der Waals surface area contributed by atoms with E-state index in [1.54, 1.807) is 24.0 Å². The second kappa shape index (κ2) is 9.00. The highest BCUT2D eigenvalue weighted by atomic mass is 32.2. The molecule has 3 rings (SSSR count). The summed E-state index contributed by atoms with van der Waals surface area (Å²) in [6, 6.07) is 4.60. The molecule has 0 unspecified atom stereocenters. The maximum absolute atomic E-state index is 13.4. The third-order valence-corrected chi connectivity index (χ3v) is 5.86. The largest absolute Gasteiger partial charge is 0.340 e. The smallest absolute Gasteiger partial charge is 0.227 e. The highest BCUT2D eigenvalue weighted by Crippen LogP contribution is 2.19. The average Bonchev–Trinajstić information content (AvgIpc) is 3.15. The van der Waals surface area contributed by atoms with Crippen LogP contribution in [0.15, 0.2) is 22.7 Å². The number of hydrogen-bond acceptors (Lipinski definition) is 7. The van der Waals surface area contributed by atoms with Gasteiger partial charge in [0.25, 0.3) is 0 Å². The van der Waals surface area contributed by atoms with Crippen molar-refractivity contribution < 1.29 is 22.1 Å². The summed E-state index contributed by atoms with van der Waals surface area (Å²) in [5.74, 6) is 0.579. The summed E-state index contributed by atoms with van der Waals surface area (Å²) in [6.45, 7) is 4.64. The Morgan fingerprint density at radius 3 is 2.62 bits per heavy atom. The SMILES string of the molecule is Cc1cc(-c2noc(CCC(=O)N3CCN(CCS(C)(=O)=O)CC3)n2)ccc1F. The molecule has 2 heterocycles. The van der Waals surface area contributed by atoms with Crippen molar-refractivity contribution in [1.82, 2.24) is 19.9 Å². The van der Waals surface area contributed by atoms with Crippen LogP contribution in [-0.4, -0.2) is 79.0 Å². The van der Waals surface area contributed by atoms with Gasteiger partial charge in [-0.25, -0.2) is 12.8 Å². The lowest BCUT2D eigenvalue weighted by Gasteiger charge is -2.34. The maximum atomic E-state index is 13.4. The fourth-order valence-corrected chi connectivity index (χ4v) is 3.74. The van der Waals surface area contributed by atoms with Crippen molar-refractivity contribution in [2.24, 2.45) is 0 Å². The van der Waals surface area contributed by atoms with E-state index < -0.39 is 9.84 Å². The van der Waals surface area contributed by atoms with Crippen LogP contribution in [0.2, 0.25) is 0 Å². The van der Waals surface area contributed by atoms with Crippen molar-refractivity contribution in [2.45, 2.75) is 19.8 Å². The first-order valence-electron chi connectivity index (χ1n) is 9.48. The number of benzene rings is 1. The first-order chi connectivity index (χ1) is 13.7. The van der Waals surface area contributed by atoms with E-state index in [-0.39, 0.29) is 23.9 Å².